The third kappa shape index (κ3) is 2.72. The summed E-state index contributed by atoms with van der Waals surface area (Å²) in [6.45, 7) is 0. The highest BCUT2D eigenvalue weighted by Gasteiger charge is 2.11. The second-order valence-corrected chi connectivity index (χ2v) is 3.17. The van der Waals surface area contributed by atoms with Gasteiger partial charge in [-0.15, -0.1) is 0 Å². The van der Waals surface area contributed by atoms with Crippen LogP contribution in [0, 0.1) is 0 Å². The van der Waals surface area contributed by atoms with Gasteiger partial charge in [-0.05, 0) is 18.1 Å². The number of rotatable bonds is 3. The Balaban J connectivity index is 2.74. The fourth-order valence-corrected chi connectivity index (χ4v) is 1.21. The van der Waals surface area contributed by atoms with Crippen LogP contribution in [-0.2, 0) is 11.2 Å². The van der Waals surface area contributed by atoms with E-state index in [0.717, 1.165) is 5.56 Å². The number of halogens is 1. The van der Waals surface area contributed by atoms with Gasteiger partial charge in [0.15, 0.2) is 0 Å². The van der Waals surface area contributed by atoms with Crippen molar-refractivity contribution in [3.63, 3.8) is 0 Å². The number of nitrogens with two attached hydrogens (primary N) is 1. The minimum absolute atomic E-state index is 0.321. The first kappa shape index (κ1) is 10.0. The number of nitrogens with one attached hydrogen (secondary N) is 1. The topological polar surface area (TPSA) is 66.9 Å². The van der Waals surface area contributed by atoms with Gasteiger partial charge in [0.05, 0.1) is 6.04 Å². The van der Waals surface area contributed by atoms with Gasteiger partial charge >= 0.3 is 0 Å². The summed E-state index contributed by atoms with van der Waals surface area (Å²) in [6.07, 6.45) is 0.321. The number of hydrogen-bond acceptors (Lipinski definition) is 2. The lowest BCUT2D eigenvalue weighted by Crippen LogP contribution is -2.33. The Morgan fingerprint density at radius 2 is 2.15 bits per heavy atom. The van der Waals surface area contributed by atoms with Gasteiger partial charge < -0.3 is 5.73 Å². The van der Waals surface area contributed by atoms with Crippen molar-refractivity contribution in [2.75, 3.05) is 0 Å². The van der Waals surface area contributed by atoms with Gasteiger partial charge in [0.25, 0.3) is 5.91 Å². The summed E-state index contributed by atoms with van der Waals surface area (Å²) in [5.74, 6) is -0.764. The lowest BCUT2D eigenvalue weighted by atomic mass is 10.1. The molecule has 1 rings (SSSR count). The van der Waals surface area contributed by atoms with Crippen molar-refractivity contribution in [3.8, 4) is 0 Å². The highest BCUT2D eigenvalue weighted by atomic mass is 35.5. The van der Waals surface area contributed by atoms with Crippen molar-refractivity contribution in [2.24, 2.45) is 5.73 Å². The predicted molar refractivity (Wildman–Crippen MR) is 51.2 cm³/mol. The van der Waals surface area contributed by atoms with E-state index >= 15 is 0 Å². The van der Waals surface area contributed by atoms with Crippen LogP contribution in [0.15, 0.2) is 24.3 Å². The van der Waals surface area contributed by atoms with E-state index in [4.69, 9.17) is 23.1 Å². The lowest BCUT2D eigenvalue weighted by molar-refractivity contribution is -0.119. The summed E-state index contributed by atoms with van der Waals surface area (Å²) in [4.78, 5) is 10.6. The number of carbonyl (C=O) groups is 1. The maximum atomic E-state index is 10.6. The molecule has 13 heavy (non-hydrogen) atoms. The summed E-state index contributed by atoms with van der Waals surface area (Å²) in [7, 11) is 0. The zero-order valence-corrected chi connectivity index (χ0v) is 7.71. The molecule has 0 aliphatic carbocycles. The van der Waals surface area contributed by atoms with E-state index in [2.05, 4.69) is 0 Å². The van der Waals surface area contributed by atoms with Crippen LogP contribution < -0.4 is 11.5 Å². The van der Waals surface area contributed by atoms with Gasteiger partial charge in [-0.1, -0.05) is 29.8 Å². The van der Waals surface area contributed by atoms with Gasteiger partial charge in [0.1, 0.15) is 0 Å². The lowest BCUT2D eigenvalue weighted by Gasteiger charge is -2.07. The number of hydrogen-bond donors (Lipinski definition) is 1. The average molecular weight is 198 g/mol. The standard InChI is InChI=1S/C9H10ClN2O/c10-7-4-2-1-3-6(7)5-8(11)9(12)13/h1-4,8,12H,5,11H2/t8-/m0/s1. The molecule has 0 unspecified atom stereocenters. The molecule has 3 N–H and O–H groups in total. The van der Waals surface area contributed by atoms with E-state index < -0.39 is 11.9 Å². The Morgan fingerprint density at radius 3 is 2.69 bits per heavy atom. The SMILES string of the molecule is [NH]C(=O)[C@@H](N)Cc1ccccc1Cl. The molecule has 0 heterocycles. The molecule has 0 saturated heterocycles. The Labute approximate surface area is 81.7 Å². The molecule has 0 spiro atoms. The summed E-state index contributed by atoms with van der Waals surface area (Å²) in [6, 6.07) is 6.38. The summed E-state index contributed by atoms with van der Waals surface area (Å²) in [5, 5.41) is 0.583. The van der Waals surface area contributed by atoms with Crippen LogP contribution >= 0.6 is 11.6 Å². The normalized spacial score (nSPS) is 12.5. The third-order valence-corrected chi connectivity index (χ3v) is 2.10. The first-order valence-corrected chi connectivity index (χ1v) is 4.23. The van der Waals surface area contributed by atoms with Crippen LogP contribution in [0.25, 0.3) is 0 Å². The zero-order valence-electron chi connectivity index (χ0n) is 6.96. The largest absolute Gasteiger partial charge is 0.320 e. The highest BCUT2D eigenvalue weighted by molar-refractivity contribution is 6.31. The molecule has 1 atom stereocenters. The van der Waals surface area contributed by atoms with Crippen molar-refractivity contribution in [1.29, 1.82) is 0 Å². The second kappa shape index (κ2) is 4.25. The molecular weight excluding hydrogens is 188 g/mol. The van der Waals surface area contributed by atoms with Gasteiger partial charge in [0, 0.05) is 5.02 Å². The van der Waals surface area contributed by atoms with Crippen molar-refractivity contribution in [1.82, 2.24) is 5.73 Å². The van der Waals surface area contributed by atoms with E-state index in [1.807, 2.05) is 6.07 Å². The van der Waals surface area contributed by atoms with Crippen molar-refractivity contribution >= 4 is 17.5 Å². The Morgan fingerprint density at radius 1 is 1.54 bits per heavy atom. The van der Waals surface area contributed by atoms with E-state index in [-0.39, 0.29) is 0 Å². The smallest absolute Gasteiger partial charge is 0.255 e. The van der Waals surface area contributed by atoms with Crippen LogP contribution in [0.3, 0.4) is 0 Å². The minimum atomic E-state index is -0.778. The Bertz CT molecular complexity index is 314. The van der Waals surface area contributed by atoms with Crippen molar-refractivity contribution < 1.29 is 4.79 Å². The zero-order chi connectivity index (χ0) is 9.84. The summed E-state index contributed by atoms with van der Waals surface area (Å²) < 4.78 is 0. The van der Waals surface area contributed by atoms with Crippen molar-refractivity contribution in [3.05, 3.63) is 34.9 Å². The van der Waals surface area contributed by atoms with E-state index in [0.29, 0.717) is 11.4 Å². The second-order valence-electron chi connectivity index (χ2n) is 2.77. The van der Waals surface area contributed by atoms with Crippen LogP contribution in [-0.4, -0.2) is 11.9 Å². The van der Waals surface area contributed by atoms with Crippen LogP contribution in [0.5, 0.6) is 0 Å². The molecule has 0 bridgehead atoms. The van der Waals surface area contributed by atoms with Crippen LogP contribution in [0.1, 0.15) is 5.56 Å². The average Bonchev–Trinajstić information content (AvgIpc) is 2.08. The maximum absolute atomic E-state index is 10.6. The molecule has 1 radical (unpaired) electrons. The molecule has 1 aromatic rings. The highest BCUT2D eigenvalue weighted by Crippen LogP contribution is 2.15. The molecule has 3 nitrogen and oxygen atoms in total. The minimum Gasteiger partial charge on any atom is -0.320 e. The molecule has 69 valence electrons. The molecule has 1 aromatic carbocycles. The summed E-state index contributed by atoms with van der Waals surface area (Å²) in [5.41, 5.74) is 13.0. The molecule has 4 heteroatoms. The van der Waals surface area contributed by atoms with E-state index in [1.165, 1.54) is 0 Å². The fourth-order valence-electron chi connectivity index (χ4n) is 0.994. The molecule has 0 saturated carbocycles. The molecule has 0 aliphatic heterocycles. The molecular formula is C9H10ClN2O. The molecule has 0 aliphatic rings. The molecule has 1 amide bonds. The van der Waals surface area contributed by atoms with Gasteiger partial charge in [-0.3, -0.25) is 10.5 Å². The maximum Gasteiger partial charge on any atom is 0.255 e. The summed E-state index contributed by atoms with van der Waals surface area (Å²) >= 11 is 5.84. The molecule has 0 fully saturated rings. The van der Waals surface area contributed by atoms with Gasteiger partial charge in [-0.25, -0.2) is 0 Å². The first-order chi connectivity index (χ1) is 6.11. The monoisotopic (exact) mass is 197 g/mol. The quantitative estimate of drug-likeness (QED) is 0.786. The number of carbonyl (C=O) groups excluding carboxylic acids is 1. The number of benzene rings is 1. The van der Waals surface area contributed by atoms with E-state index in [1.54, 1.807) is 18.2 Å². The molecule has 0 aromatic heterocycles. The number of amides is 1. The first-order valence-electron chi connectivity index (χ1n) is 3.85. The Kier molecular flexibility index (Phi) is 3.28. The van der Waals surface area contributed by atoms with Crippen LogP contribution in [0.2, 0.25) is 5.02 Å². The Hall–Kier alpha value is -1.06. The van der Waals surface area contributed by atoms with Gasteiger partial charge in [0.2, 0.25) is 0 Å². The van der Waals surface area contributed by atoms with Crippen LogP contribution in [0.4, 0.5) is 0 Å². The van der Waals surface area contributed by atoms with Gasteiger partial charge in [-0.2, -0.15) is 0 Å². The third-order valence-electron chi connectivity index (χ3n) is 1.73. The van der Waals surface area contributed by atoms with Crippen molar-refractivity contribution in [2.45, 2.75) is 12.5 Å². The van der Waals surface area contributed by atoms with E-state index in [9.17, 15) is 4.79 Å². The fraction of sp³-hybridized carbons (Fsp3) is 0.222. The predicted octanol–water partition coefficient (Wildman–Crippen LogP) is 1.02.